The summed E-state index contributed by atoms with van der Waals surface area (Å²) in [5, 5.41) is 0.417. The van der Waals surface area contributed by atoms with Crippen LogP contribution in [0.4, 0.5) is 5.69 Å². The van der Waals surface area contributed by atoms with Gasteiger partial charge in [0, 0.05) is 16.2 Å². The van der Waals surface area contributed by atoms with Gasteiger partial charge in [-0.2, -0.15) is 12.7 Å². The fourth-order valence-corrected chi connectivity index (χ4v) is 4.68. The fourth-order valence-electron chi connectivity index (χ4n) is 2.20. The zero-order valence-electron chi connectivity index (χ0n) is 10.6. The monoisotopic (exact) mass is 414 g/mol. The molecule has 0 aromatic heterocycles. The third kappa shape index (κ3) is 3.74. The van der Waals surface area contributed by atoms with Gasteiger partial charge < -0.3 is 0 Å². The molecule has 2 rings (SSSR count). The van der Waals surface area contributed by atoms with Gasteiger partial charge in [-0.05, 0) is 60.6 Å². The van der Waals surface area contributed by atoms with E-state index in [2.05, 4.69) is 27.3 Å². The maximum absolute atomic E-state index is 12.4. The van der Waals surface area contributed by atoms with Crippen LogP contribution in [0.1, 0.15) is 26.2 Å². The van der Waals surface area contributed by atoms with Gasteiger partial charge in [-0.1, -0.05) is 18.0 Å². The first-order chi connectivity index (χ1) is 8.90. The third-order valence-electron chi connectivity index (χ3n) is 3.22. The van der Waals surface area contributed by atoms with Crippen molar-refractivity contribution in [1.82, 2.24) is 4.31 Å². The molecule has 1 aliphatic rings. The van der Waals surface area contributed by atoms with E-state index in [0.717, 1.165) is 22.8 Å². The van der Waals surface area contributed by atoms with E-state index in [0.29, 0.717) is 17.3 Å². The molecule has 0 aliphatic carbocycles. The average Bonchev–Trinajstić information content (AvgIpc) is 2.33. The van der Waals surface area contributed by atoms with E-state index in [1.54, 1.807) is 12.1 Å². The van der Waals surface area contributed by atoms with Gasteiger partial charge in [0.15, 0.2) is 0 Å². The molecule has 1 fully saturated rings. The molecule has 0 radical (unpaired) electrons. The molecule has 19 heavy (non-hydrogen) atoms. The van der Waals surface area contributed by atoms with Crippen LogP contribution in [0, 0.1) is 3.57 Å². The molecule has 0 saturated carbocycles. The van der Waals surface area contributed by atoms with Crippen molar-refractivity contribution in [1.29, 1.82) is 0 Å². The molecule has 4 nitrogen and oxygen atoms in total. The molecular weight excluding hydrogens is 399 g/mol. The summed E-state index contributed by atoms with van der Waals surface area (Å²) in [6.07, 6.45) is 2.89. The second-order valence-electron chi connectivity index (χ2n) is 4.69. The molecule has 1 N–H and O–H groups in total. The maximum atomic E-state index is 12.4. The lowest BCUT2D eigenvalue weighted by Crippen LogP contribution is -2.44. The van der Waals surface area contributed by atoms with Gasteiger partial charge in [-0.15, -0.1) is 0 Å². The molecule has 0 bridgehead atoms. The number of rotatable bonds is 3. The third-order valence-corrected chi connectivity index (χ3v) is 5.84. The molecule has 106 valence electrons. The summed E-state index contributed by atoms with van der Waals surface area (Å²) in [5.74, 6) is 0. The van der Waals surface area contributed by atoms with Crippen LogP contribution in [-0.2, 0) is 10.2 Å². The largest absolute Gasteiger partial charge is 0.301 e. The Labute approximate surface area is 132 Å². The van der Waals surface area contributed by atoms with Gasteiger partial charge in [0.1, 0.15) is 0 Å². The number of benzene rings is 1. The maximum Gasteiger partial charge on any atom is 0.301 e. The SMILES string of the molecule is CC1CCCCN1S(=O)(=O)Nc1ccc(I)cc1Cl. The zero-order chi connectivity index (χ0) is 14.0. The van der Waals surface area contributed by atoms with Crippen LogP contribution in [0.2, 0.25) is 5.02 Å². The highest BCUT2D eigenvalue weighted by Crippen LogP contribution is 2.27. The second-order valence-corrected chi connectivity index (χ2v) is 7.96. The van der Waals surface area contributed by atoms with Crippen LogP contribution >= 0.6 is 34.2 Å². The first-order valence-electron chi connectivity index (χ1n) is 6.15. The average molecular weight is 415 g/mol. The lowest BCUT2D eigenvalue weighted by molar-refractivity contribution is 0.270. The Morgan fingerprint density at radius 3 is 2.79 bits per heavy atom. The van der Waals surface area contributed by atoms with Crippen LogP contribution in [0.3, 0.4) is 0 Å². The first-order valence-corrected chi connectivity index (χ1v) is 9.04. The van der Waals surface area contributed by atoms with E-state index in [1.165, 1.54) is 4.31 Å². The van der Waals surface area contributed by atoms with Crippen LogP contribution < -0.4 is 4.72 Å². The molecule has 1 saturated heterocycles. The highest BCUT2D eigenvalue weighted by Gasteiger charge is 2.29. The number of nitrogens with one attached hydrogen (secondary N) is 1. The lowest BCUT2D eigenvalue weighted by Gasteiger charge is -2.32. The Kier molecular flexibility index (Phi) is 4.97. The molecule has 1 aliphatic heterocycles. The normalized spacial score (nSPS) is 21.3. The predicted molar refractivity (Wildman–Crippen MR) is 86.7 cm³/mol. The molecule has 0 spiro atoms. The number of hydrogen-bond acceptors (Lipinski definition) is 2. The van der Waals surface area contributed by atoms with Gasteiger partial charge in [0.05, 0.1) is 10.7 Å². The minimum absolute atomic E-state index is 0.0360. The van der Waals surface area contributed by atoms with Crippen molar-refractivity contribution in [3.05, 3.63) is 26.8 Å². The Hall–Kier alpha value is -0.0500. The van der Waals surface area contributed by atoms with Crippen molar-refractivity contribution in [2.75, 3.05) is 11.3 Å². The minimum Gasteiger partial charge on any atom is -0.269 e. The Morgan fingerprint density at radius 1 is 1.42 bits per heavy atom. The number of piperidine rings is 1. The molecule has 0 amide bonds. The highest BCUT2D eigenvalue weighted by atomic mass is 127. The van der Waals surface area contributed by atoms with Crippen LogP contribution in [0.15, 0.2) is 18.2 Å². The van der Waals surface area contributed by atoms with E-state index < -0.39 is 10.2 Å². The predicted octanol–water partition coefficient (Wildman–Crippen LogP) is 3.48. The van der Waals surface area contributed by atoms with Crippen molar-refractivity contribution in [2.45, 2.75) is 32.2 Å². The minimum atomic E-state index is -3.52. The first kappa shape index (κ1) is 15.3. The Bertz CT molecular complexity index is 565. The summed E-state index contributed by atoms with van der Waals surface area (Å²) in [5.41, 5.74) is 0.430. The Morgan fingerprint density at radius 2 is 2.16 bits per heavy atom. The van der Waals surface area contributed by atoms with Crippen molar-refractivity contribution in [3.8, 4) is 0 Å². The highest BCUT2D eigenvalue weighted by molar-refractivity contribution is 14.1. The van der Waals surface area contributed by atoms with Crippen molar-refractivity contribution >= 4 is 50.1 Å². The van der Waals surface area contributed by atoms with Crippen LogP contribution in [0.5, 0.6) is 0 Å². The number of anilines is 1. The summed E-state index contributed by atoms with van der Waals surface area (Å²) in [7, 11) is -3.52. The van der Waals surface area contributed by atoms with Crippen LogP contribution in [0.25, 0.3) is 0 Å². The van der Waals surface area contributed by atoms with Gasteiger partial charge in [0.25, 0.3) is 0 Å². The van der Waals surface area contributed by atoms with Crippen molar-refractivity contribution in [2.24, 2.45) is 0 Å². The molecular formula is C12H16ClIN2O2S. The quantitative estimate of drug-likeness (QED) is 0.770. The summed E-state index contributed by atoms with van der Waals surface area (Å²) in [6.45, 7) is 2.51. The van der Waals surface area contributed by atoms with E-state index in [4.69, 9.17) is 11.6 Å². The summed E-state index contributed by atoms with van der Waals surface area (Å²) >= 11 is 8.19. The van der Waals surface area contributed by atoms with Gasteiger partial charge in [0.2, 0.25) is 0 Å². The molecule has 1 heterocycles. The smallest absolute Gasteiger partial charge is 0.269 e. The topological polar surface area (TPSA) is 49.4 Å². The summed E-state index contributed by atoms with van der Waals surface area (Å²) in [4.78, 5) is 0. The molecule has 7 heteroatoms. The van der Waals surface area contributed by atoms with E-state index in [1.807, 2.05) is 13.0 Å². The van der Waals surface area contributed by atoms with E-state index >= 15 is 0 Å². The Balaban J connectivity index is 2.20. The zero-order valence-corrected chi connectivity index (χ0v) is 14.3. The van der Waals surface area contributed by atoms with Crippen molar-refractivity contribution < 1.29 is 8.42 Å². The number of halogens is 2. The van der Waals surface area contributed by atoms with Crippen molar-refractivity contribution in [3.63, 3.8) is 0 Å². The van der Waals surface area contributed by atoms with Gasteiger partial charge in [-0.25, -0.2) is 0 Å². The number of hydrogen-bond donors (Lipinski definition) is 1. The second kappa shape index (κ2) is 6.15. The van der Waals surface area contributed by atoms with Gasteiger partial charge >= 0.3 is 10.2 Å². The lowest BCUT2D eigenvalue weighted by atomic mass is 10.1. The standard InChI is InChI=1S/C12H16ClIN2O2S/c1-9-4-2-3-7-16(9)19(17,18)15-12-6-5-10(14)8-11(12)13/h5-6,8-9,15H,2-4,7H2,1H3. The van der Waals surface area contributed by atoms with E-state index in [-0.39, 0.29) is 6.04 Å². The molecule has 1 atom stereocenters. The molecule has 1 unspecified atom stereocenters. The molecule has 1 aromatic carbocycles. The number of nitrogens with zero attached hydrogens (tertiary/aromatic N) is 1. The van der Waals surface area contributed by atoms with Gasteiger partial charge in [-0.3, -0.25) is 4.72 Å². The molecule has 1 aromatic rings. The van der Waals surface area contributed by atoms with E-state index in [9.17, 15) is 8.42 Å². The summed E-state index contributed by atoms with van der Waals surface area (Å²) in [6, 6.07) is 5.29. The fraction of sp³-hybridized carbons (Fsp3) is 0.500. The summed E-state index contributed by atoms with van der Waals surface area (Å²) < 4.78 is 29.8. The van der Waals surface area contributed by atoms with Crippen LogP contribution in [-0.4, -0.2) is 25.3 Å².